The standard InChI is InChI=1S/C15H12ClNO4/c1-8-3-2-4-10(13(8)18)14(19)17-12-6-5-9(15(20)21)7-11(12)16/h2-7,18H,1H3,(H,17,19)(H,20,21). The summed E-state index contributed by atoms with van der Waals surface area (Å²) in [6, 6.07) is 8.79. The Morgan fingerprint density at radius 1 is 1.19 bits per heavy atom. The van der Waals surface area contributed by atoms with Gasteiger partial charge in [-0.25, -0.2) is 4.79 Å². The number of aromatic carboxylic acids is 1. The second kappa shape index (κ2) is 5.85. The number of phenols is 1. The third-order valence-corrected chi connectivity index (χ3v) is 3.26. The van der Waals surface area contributed by atoms with Crippen LogP contribution >= 0.6 is 11.6 Å². The summed E-state index contributed by atoms with van der Waals surface area (Å²) in [6.45, 7) is 1.68. The van der Waals surface area contributed by atoms with Gasteiger partial charge in [-0.1, -0.05) is 23.7 Å². The van der Waals surface area contributed by atoms with Crippen LogP contribution in [0.3, 0.4) is 0 Å². The minimum atomic E-state index is -1.11. The number of carbonyl (C=O) groups excluding carboxylic acids is 1. The Bertz CT molecular complexity index is 728. The van der Waals surface area contributed by atoms with Crippen molar-refractivity contribution in [1.82, 2.24) is 0 Å². The zero-order valence-corrected chi connectivity index (χ0v) is 11.8. The van der Waals surface area contributed by atoms with Gasteiger partial charge in [-0.2, -0.15) is 0 Å². The van der Waals surface area contributed by atoms with E-state index < -0.39 is 11.9 Å². The van der Waals surface area contributed by atoms with Gasteiger partial charge in [0.15, 0.2) is 0 Å². The van der Waals surface area contributed by atoms with Crippen LogP contribution in [0.1, 0.15) is 26.3 Å². The molecule has 5 nitrogen and oxygen atoms in total. The molecule has 0 heterocycles. The summed E-state index contributed by atoms with van der Waals surface area (Å²) >= 11 is 5.94. The number of aryl methyl sites for hydroxylation is 1. The van der Waals surface area contributed by atoms with Crippen molar-refractivity contribution in [2.24, 2.45) is 0 Å². The predicted molar refractivity (Wildman–Crippen MR) is 79.2 cm³/mol. The second-order valence-electron chi connectivity index (χ2n) is 4.42. The lowest BCUT2D eigenvalue weighted by Gasteiger charge is -2.10. The lowest BCUT2D eigenvalue weighted by molar-refractivity contribution is 0.0696. The minimum absolute atomic E-state index is 0.0244. The van der Waals surface area contributed by atoms with Crippen molar-refractivity contribution < 1.29 is 19.8 Å². The van der Waals surface area contributed by atoms with Crippen molar-refractivity contribution in [3.8, 4) is 5.75 Å². The fourth-order valence-electron chi connectivity index (χ4n) is 1.78. The lowest BCUT2D eigenvalue weighted by Crippen LogP contribution is -2.13. The molecule has 0 atom stereocenters. The van der Waals surface area contributed by atoms with E-state index in [9.17, 15) is 14.7 Å². The van der Waals surface area contributed by atoms with Gasteiger partial charge in [0.1, 0.15) is 5.75 Å². The van der Waals surface area contributed by atoms with E-state index in [4.69, 9.17) is 16.7 Å². The van der Waals surface area contributed by atoms with E-state index in [-0.39, 0.29) is 27.6 Å². The number of carboxylic acids is 1. The summed E-state index contributed by atoms with van der Waals surface area (Å²) < 4.78 is 0. The van der Waals surface area contributed by atoms with Crippen LogP contribution in [0.5, 0.6) is 5.75 Å². The number of benzene rings is 2. The molecule has 21 heavy (non-hydrogen) atoms. The second-order valence-corrected chi connectivity index (χ2v) is 4.83. The molecule has 108 valence electrons. The molecule has 3 N–H and O–H groups in total. The molecule has 0 radical (unpaired) electrons. The van der Waals surface area contributed by atoms with E-state index in [2.05, 4.69) is 5.32 Å². The molecule has 0 aromatic heterocycles. The topological polar surface area (TPSA) is 86.6 Å². The first-order chi connectivity index (χ1) is 9.90. The molecule has 0 spiro atoms. The van der Waals surface area contributed by atoms with E-state index in [1.165, 1.54) is 24.3 Å². The molecule has 0 aliphatic heterocycles. The molecule has 0 bridgehead atoms. The quantitative estimate of drug-likeness (QED) is 0.812. The molecule has 2 aromatic carbocycles. The van der Waals surface area contributed by atoms with E-state index >= 15 is 0 Å². The Morgan fingerprint density at radius 3 is 2.52 bits per heavy atom. The monoisotopic (exact) mass is 305 g/mol. The van der Waals surface area contributed by atoms with Crippen LogP contribution in [0, 0.1) is 6.92 Å². The Kier molecular flexibility index (Phi) is 4.14. The number of rotatable bonds is 3. The molecule has 0 saturated heterocycles. The summed E-state index contributed by atoms with van der Waals surface area (Å²) in [6.07, 6.45) is 0. The van der Waals surface area contributed by atoms with Crippen molar-refractivity contribution >= 4 is 29.2 Å². The van der Waals surface area contributed by atoms with E-state index in [1.807, 2.05) is 0 Å². The van der Waals surface area contributed by atoms with Crippen molar-refractivity contribution in [3.63, 3.8) is 0 Å². The van der Waals surface area contributed by atoms with E-state index in [1.54, 1.807) is 19.1 Å². The highest BCUT2D eigenvalue weighted by molar-refractivity contribution is 6.34. The van der Waals surface area contributed by atoms with Crippen LogP contribution in [-0.4, -0.2) is 22.1 Å². The number of halogens is 1. The third-order valence-electron chi connectivity index (χ3n) is 2.95. The van der Waals surface area contributed by atoms with Crippen molar-refractivity contribution in [3.05, 3.63) is 58.1 Å². The zero-order valence-electron chi connectivity index (χ0n) is 11.1. The molecule has 1 amide bonds. The third kappa shape index (κ3) is 3.14. The largest absolute Gasteiger partial charge is 0.507 e. The zero-order chi connectivity index (χ0) is 15.6. The van der Waals surface area contributed by atoms with E-state index in [0.29, 0.717) is 5.56 Å². The predicted octanol–water partition coefficient (Wildman–Crippen LogP) is 3.30. The van der Waals surface area contributed by atoms with Gasteiger partial charge in [0.25, 0.3) is 5.91 Å². The highest BCUT2D eigenvalue weighted by atomic mass is 35.5. The highest BCUT2D eigenvalue weighted by Gasteiger charge is 2.14. The Hall–Kier alpha value is -2.53. The molecule has 0 aliphatic carbocycles. The first-order valence-electron chi connectivity index (χ1n) is 6.03. The number of aromatic hydroxyl groups is 1. The number of phenolic OH excluding ortho intramolecular Hbond substituents is 1. The Morgan fingerprint density at radius 2 is 1.90 bits per heavy atom. The van der Waals surface area contributed by atoms with Gasteiger partial charge >= 0.3 is 5.97 Å². The first-order valence-corrected chi connectivity index (χ1v) is 6.40. The molecule has 0 aliphatic rings. The maximum atomic E-state index is 12.1. The van der Waals surface area contributed by atoms with Gasteiger partial charge in [0, 0.05) is 0 Å². The summed E-state index contributed by atoms with van der Waals surface area (Å²) in [5.41, 5.74) is 0.993. The van der Waals surface area contributed by atoms with Crippen LogP contribution in [0.25, 0.3) is 0 Å². The number of carboxylic acid groups (broad SMARTS) is 1. The number of amides is 1. The molecule has 0 saturated carbocycles. The van der Waals surface area contributed by atoms with Crippen molar-refractivity contribution in [2.75, 3.05) is 5.32 Å². The number of anilines is 1. The molecular weight excluding hydrogens is 294 g/mol. The lowest BCUT2D eigenvalue weighted by atomic mass is 10.1. The smallest absolute Gasteiger partial charge is 0.335 e. The van der Waals surface area contributed by atoms with Gasteiger partial charge in [0.05, 0.1) is 21.8 Å². The Balaban J connectivity index is 2.28. The van der Waals surface area contributed by atoms with E-state index in [0.717, 1.165) is 0 Å². The van der Waals surface area contributed by atoms with Crippen LogP contribution in [0.4, 0.5) is 5.69 Å². The highest BCUT2D eigenvalue weighted by Crippen LogP contribution is 2.26. The maximum Gasteiger partial charge on any atom is 0.335 e. The van der Waals surface area contributed by atoms with Crippen LogP contribution < -0.4 is 5.32 Å². The summed E-state index contributed by atoms with van der Waals surface area (Å²) in [5, 5.41) is 21.4. The number of hydrogen-bond donors (Lipinski definition) is 3. The summed E-state index contributed by atoms with van der Waals surface area (Å²) in [5.74, 6) is -1.74. The normalized spacial score (nSPS) is 10.2. The van der Waals surface area contributed by atoms with Gasteiger partial charge in [-0.05, 0) is 36.8 Å². The van der Waals surface area contributed by atoms with Crippen molar-refractivity contribution in [1.29, 1.82) is 0 Å². The van der Waals surface area contributed by atoms with Crippen molar-refractivity contribution in [2.45, 2.75) is 6.92 Å². The number of para-hydroxylation sites is 1. The SMILES string of the molecule is Cc1cccc(C(=O)Nc2ccc(C(=O)O)cc2Cl)c1O. The van der Waals surface area contributed by atoms with Crippen LogP contribution in [0.15, 0.2) is 36.4 Å². The Labute approximate surface area is 125 Å². The average molecular weight is 306 g/mol. The fraction of sp³-hybridized carbons (Fsp3) is 0.0667. The van der Waals surface area contributed by atoms with Crippen LogP contribution in [0.2, 0.25) is 5.02 Å². The van der Waals surface area contributed by atoms with Gasteiger partial charge < -0.3 is 15.5 Å². The summed E-state index contributed by atoms with van der Waals surface area (Å²) in [7, 11) is 0. The average Bonchev–Trinajstić information content (AvgIpc) is 2.43. The maximum absolute atomic E-state index is 12.1. The molecule has 6 heteroatoms. The number of hydrogen-bond acceptors (Lipinski definition) is 3. The van der Waals surface area contributed by atoms with Gasteiger partial charge in [0.2, 0.25) is 0 Å². The molecule has 2 rings (SSSR count). The molecule has 2 aromatic rings. The summed E-state index contributed by atoms with van der Waals surface area (Å²) in [4.78, 5) is 22.9. The molecular formula is C15H12ClNO4. The minimum Gasteiger partial charge on any atom is -0.507 e. The number of carbonyl (C=O) groups is 2. The first kappa shape index (κ1) is 14.9. The van der Waals surface area contributed by atoms with Gasteiger partial charge in [-0.3, -0.25) is 4.79 Å². The number of nitrogens with one attached hydrogen (secondary N) is 1. The molecule has 0 unspecified atom stereocenters. The van der Waals surface area contributed by atoms with Gasteiger partial charge in [-0.15, -0.1) is 0 Å². The fourth-order valence-corrected chi connectivity index (χ4v) is 2.01. The van der Waals surface area contributed by atoms with Crippen LogP contribution in [-0.2, 0) is 0 Å². The molecule has 0 fully saturated rings.